The molecule has 2 aliphatic heterocycles. The van der Waals surface area contributed by atoms with Gasteiger partial charge in [-0.2, -0.15) is 18.2 Å². The Morgan fingerprint density at radius 1 is 0.940 bits per heavy atom. The normalized spacial score (nSPS) is 16.0. The van der Waals surface area contributed by atoms with Gasteiger partial charge in [0, 0.05) is 31.9 Å². The summed E-state index contributed by atoms with van der Waals surface area (Å²) in [7, 11) is 0. The van der Waals surface area contributed by atoms with Crippen molar-refractivity contribution in [2.45, 2.75) is 70.6 Å². The topological polar surface area (TPSA) is 99.0 Å². The Kier molecular flexibility index (Phi) is 9.29. The Labute approximate surface area is 284 Å². The van der Waals surface area contributed by atoms with Crippen LogP contribution in [0.15, 0.2) is 71.8 Å². The molecule has 15 heteroatoms. The Hall–Kier alpha value is -5.05. The maximum atomic E-state index is 14.9. The number of ether oxygens (including phenoxy) is 3. The first-order valence-electron chi connectivity index (χ1n) is 15.8. The number of likely N-dealkylation sites (tertiary alicyclic amines) is 1. The molecule has 264 valence electrons. The molecule has 2 aromatic carbocycles. The summed E-state index contributed by atoms with van der Waals surface area (Å²) in [4.78, 5) is 38.3. The van der Waals surface area contributed by atoms with Gasteiger partial charge in [0.1, 0.15) is 23.8 Å². The van der Waals surface area contributed by atoms with Gasteiger partial charge in [-0.15, -0.1) is 0 Å². The number of amides is 1. The fraction of sp³-hybridized carbons (Fsp3) is 0.371. The Morgan fingerprint density at radius 2 is 1.62 bits per heavy atom. The van der Waals surface area contributed by atoms with Gasteiger partial charge in [-0.1, -0.05) is 30.3 Å². The summed E-state index contributed by atoms with van der Waals surface area (Å²) in [5, 5.41) is 0. The highest BCUT2D eigenvalue weighted by Crippen LogP contribution is 2.42. The lowest BCUT2D eigenvalue weighted by Gasteiger charge is -2.44. The van der Waals surface area contributed by atoms with Crippen molar-refractivity contribution in [3.8, 4) is 17.4 Å². The number of pyridine rings is 1. The van der Waals surface area contributed by atoms with Crippen LogP contribution in [-0.2, 0) is 30.6 Å². The highest BCUT2D eigenvalue weighted by molar-refractivity contribution is 5.90. The van der Waals surface area contributed by atoms with E-state index in [0.29, 0.717) is 38.2 Å². The molecule has 0 saturated carbocycles. The number of carbonyl (C=O) groups excluding carboxylic acids is 1. The average Bonchev–Trinajstić information content (AvgIpc) is 3.36. The van der Waals surface area contributed by atoms with Gasteiger partial charge in [-0.3, -0.25) is 19.4 Å². The molecule has 2 aromatic heterocycles. The molecule has 0 radical (unpaired) electrons. The lowest BCUT2D eigenvalue weighted by molar-refractivity contribution is -0.137. The first-order chi connectivity index (χ1) is 23.6. The van der Waals surface area contributed by atoms with E-state index in [1.165, 1.54) is 21.1 Å². The quantitative estimate of drug-likeness (QED) is 0.189. The van der Waals surface area contributed by atoms with Crippen molar-refractivity contribution in [2.24, 2.45) is 0 Å². The first-order valence-corrected chi connectivity index (χ1v) is 15.8. The van der Waals surface area contributed by atoms with E-state index in [9.17, 15) is 31.5 Å². The number of hydrogen-bond donors (Lipinski definition) is 0. The van der Waals surface area contributed by atoms with Gasteiger partial charge in [0.25, 0.3) is 0 Å². The SMILES string of the molecule is CC(C)(C)OC(=O)N1c2cc(OCc3cc(F)c(Oc4cncc(C(F)(F)F)c4)c(F)c3)nc(=O)n2CC12CCN(Cc1ccccc1)CC2. The molecule has 0 bridgehead atoms. The molecule has 6 rings (SSSR count). The van der Waals surface area contributed by atoms with Gasteiger partial charge in [0.05, 0.1) is 23.8 Å². The van der Waals surface area contributed by atoms with Crippen LogP contribution in [-0.4, -0.2) is 49.8 Å². The Bertz CT molecular complexity index is 1920. The lowest BCUT2D eigenvalue weighted by atomic mass is 9.86. The first kappa shape index (κ1) is 34.8. The highest BCUT2D eigenvalue weighted by atomic mass is 19.4. The molecule has 1 amide bonds. The van der Waals surface area contributed by atoms with E-state index in [1.54, 1.807) is 20.8 Å². The van der Waals surface area contributed by atoms with Gasteiger partial charge >= 0.3 is 18.0 Å². The van der Waals surface area contributed by atoms with Crippen LogP contribution in [0.2, 0.25) is 0 Å². The molecule has 0 atom stereocenters. The monoisotopic (exact) mass is 699 g/mol. The van der Waals surface area contributed by atoms with Crippen LogP contribution in [0, 0.1) is 11.6 Å². The number of fused-ring (bicyclic) bond motifs is 1. The largest absolute Gasteiger partial charge is 0.473 e. The molecule has 4 aromatic rings. The standard InChI is InChI=1S/C35H34F5N5O5/c1-33(2,3)50-32(47)45-29-16-28(42-31(46)44(29)21-34(45)9-11-43(12-10-34)19-22-7-5-4-6-8-22)48-20-23-13-26(36)30(27(37)14-23)49-25-15-24(17-41-18-25)35(38,39)40/h4-8,13-18H,9-12,19-21H2,1-3H3. The second-order valence-electron chi connectivity index (χ2n) is 13.3. The molecule has 0 N–H and O–H groups in total. The summed E-state index contributed by atoms with van der Waals surface area (Å²) in [6.45, 7) is 7.06. The number of benzene rings is 2. The van der Waals surface area contributed by atoms with E-state index in [4.69, 9.17) is 14.2 Å². The summed E-state index contributed by atoms with van der Waals surface area (Å²) < 4.78 is 86.9. The zero-order valence-electron chi connectivity index (χ0n) is 27.5. The van der Waals surface area contributed by atoms with E-state index in [0.717, 1.165) is 24.9 Å². The summed E-state index contributed by atoms with van der Waals surface area (Å²) in [6, 6.07) is 13.8. The molecule has 1 spiro atoms. The lowest BCUT2D eigenvalue weighted by Crippen LogP contribution is -2.57. The molecular weight excluding hydrogens is 665 g/mol. The maximum Gasteiger partial charge on any atom is 0.418 e. The summed E-state index contributed by atoms with van der Waals surface area (Å²) in [6.07, 6.45) is -2.81. The fourth-order valence-electron chi connectivity index (χ4n) is 6.13. The smallest absolute Gasteiger partial charge is 0.418 e. The zero-order valence-corrected chi connectivity index (χ0v) is 27.5. The molecule has 10 nitrogen and oxygen atoms in total. The Morgan fingerprint density at radius 3 is 2.26 bits per heavy atom. The molecule has 1 fully saturated rings. The minimum absolute atomic E-state index is 0.0248. The summed E-state index contributed by atoms with van der Waals surface area (Å²) >= 11 is 0. The number of alkyl halides is 3. The van der Waals surface area contributed by atoms with Crippen LogP contribution in [0.3, 0.4) is 0 Å². The number of nitrogens with zero attached hydrogens (tertiary/aromatic N) is 5. The van der Waals surface area contributed by atoms with E-state index in [-0.39, 0.29) is 23.8 Å². The van der Waals surface area contributed by atoms with Crippen LogP contribution in [0.4, 0.5) is 32.6 Å². The van der Waals surface area contributed by atoms with E-state index in [2.05, 4.69) is 27.0 Å². The number of halogens is 5. The molecule has 0 aliphatic carbocycles. The van der Waals surface area contributed by atoms with Crippen molar-refractivity contribution in [1.29, 1.82) is 0 Å². The second kappa shape index (κ2) is 13.3. The number of piperidine rings is 1. The Balaban J connectivity index is 1.21. The van der Waals surface area contributed by atoms with Crippen LogP contribution in [0.1, 0.15) is 50.3 Å². The fourth-order valence-corrected chi connectivity index (χ4v) is 6.13. The predicted octanol–water partition coefficient (Wildman–Crippen LogP) is 7.10. The van der Waals surface area contributed by atoms with E-state index in [1.807, 2.05) is 18.2 Å². The van der Waals surface area contributed by atoms with Crippen molar-refractivity contribution < 1.29 is 41.0 Å². The third-order valence-electron chi connectivity index (χ3n) is 8.44. The van der Waals surface area contributed by atoms with Gasteiger partial charge in [-0.05, 0) is 62.9 Å². The van der Waals surface area contributed by atoms with E-state index < -0.39 is 64.4 Å². The minimum atomic E-state index is -4.73. The summed E-state index contributed by atoms with van der Waals surface area (Å²) in [5.74, 6) is -3.83. The van der Waals surface area contributed by atoms with Crippen LogP contribution < -0.4 is 20.1 Å². The maximum absolute atomic E-state index is 14.9. The zero-order chi connectivity index (χ0) is 35.8. The van der Waals surface area contributed by atoms with Gasteiger partial charge in [0.2, 0.25) is 5.88 Å². The van der Waals surface area contributed by atoms with Gasteiger partial charge in [0.15, 0.2) is 17.4 Å². The van der Waals surface area contributed by atoms with Crippen molar-refractivity contribution in [1.82, 2.24) is 19.4 Å². The minimum Gasteiger partial charge on any atom is -0.473 e. The average molecular weight is 700 g/mol. The summed E-state index contributed by atoms with van der Waals surface area (Å²) in [5.41, 5.74) is -2.27. The van der Waals surface area contributed by atoms with E-state index >= 15 is 0 Å². The molecular formula is C35H34F5N5O5. The molecule has 4 heterocycles. The third kappa shape index (κ3) is 7.57. The number of hydrogen-bond acceptors (Lipinski definition) is 8. The number of carbonyl (C=O) groups is 1. The van der Waals surface area contributed by atoms with Gasteiger partial charge in [-0.25, -0.2) is 18.4 Å². The molecule has 50 heavy (non-hydrogen) atoms. The predicted molar refractivity (Wildman–Crippen MR) is 171 cm³/mol. The van der Waals surface area contributed by atoms with Crippen molar-refractivity contribution >= 4 is 11.9 Å². The molecule has 2 aliphatic rings. The molecule has 0 unspecified atom stereocenters. The van der Waals surface area contributed by atoms with Crippen molar-refractivity contribution in [3.05, 3.63) is 106 Å². The van der Waals surface area contributed by atoms with Crippen LogP contribution in [0.5, 0.6) is 17.4 Å². The molecule has 1 saturated heterocycles. The van der Waals surface area contributed by atoms with Crippen molar-refractivity contribution in [2.75, 3.05) is 18.0 Å². The number of rotatable bonds is 7. The van der Waals surface area contributed by atoms with Crippen molar-refractivity contribution in [3.63, 3.8) is 0 Å². The van der Waals surface area contributed by atoms with Crippen LogP contribution >= 0.6 is 0 Å². The highest BCUT2D eigenvalue weighted by Gasteiger charge is 2.51. The number of anilines is 1. The number of aromatic nitrogens is 3. The van der Waals surface area contributed by atoms with Gasteiger partial charge < -0.3 is 14.2 Å². The van der Waals surface area contributed by atoms with Crippen LogP contribution in [0.25, 0.3) is 0 Å². The second-order valence-corrected chi connectivity index (χ2v) is 13.3. The third-order valence-corrected chi connectivity index (χ3v) is 8.44.